The summed E-state index contributed by atoms with van der Waals surface area (Å²) in [5.41, 5.74) is 0.918. The molecule has 0 radical (unpaired) electrons. The summed E-state index contributed by atoms with van der Waals surface area (Å²) in [5.74, 6) is -1.48. The van der Waals surface area contributed by atoms with Gasteiger partial charge in [0.05, 0.1) is 16.1 Å². The summed E-state index contributed by atoms with van der Waals surface area (Å²) in [6, 6.07) is 8.95. The van der Waals surface area contributed by atoms with Gasteiger partial charge in [-0.15, -0.1) is 0 Å². The zero-order chi connectivity index (χ0) is 19.0. The number of nitro groups is 2. The van der Waals surface area contributed by atoms with Crippen molar-refractivity contribution in [2.75, 3.05) is 6.54 Å². The van der Waals surface area contributed by atoms with E-state index in [0.29, 0.717) is 5.56 Å². The van der Waals surface area contributed by atoms with Gasteiger partial charge in [-0.2, -0.15) is 0 Å². The van der Waals surface area contributed by atoms with E-state index in [4.69, 9.17) is 0 Å². The number of hydrogen-bond donors (Lipinski definition) is 0. The second kappa shape index (κ2) is 6.36. The molecule has 2 aromatic carbocycles. The van der Waals surface area contributed by atoms with Gasteiger partial charge in [0.25, 0.3) is 17.5 Å². The molecule has 1 heterocycles. The SMILES string of the molecule is Cc1ccc(C(C[N+](=O)[O-])N2C(=O)c3ccc([N+](=O)[O-])cc3C2=O)cc1. The predicted molar refractivity (Wildman–Crippen MR) is 89.4 cm³/mol. The molecular formula is C17H13N3O6. The summed E-state index contributed by atoms with van der Waals surface area (Å²) >= 11 is 0. The van der Waals surface area contributed by atoms with Crippen molar-refractivity contribution >= 4 is 17.5 Å². The lowest BCUT2D eigenvalue weighted by molar-refractivity contribution is -0.486. The van der Waals surface area contributed by atoms with Gasteiger partial charge < -0.3 is 0 Å². The van der Waals surface area contributed by atoms with Crippen LogP contribution in [0.3, 0.4) is 0 Å². The van der Waals surface area contributed by atoms with Crippen LogP contribution in [-0.2, 0) is 0 Å². The molecular weight excluding hydrogens is 342 g/mol. The summed E-state index contributed by atoms with van der Waals surface area (Å²) in [5, 5.41) is 22.0. The van der Waals surface area contributed by atoms with Crippen molar-refractivity contribution in [2.45, 2.75) is 13.0 Å². The van der Waals surface area contributed by atoms with Crippen LogP contribution in [0, 0.1) is 27.2 Å². The lowest BCUT2D eigenvalue weighted by Gasteiger charge is -2.23. The van der Waals surface area contributed by atoms with Crippen LogP contribution in [0.2, 0.25) is 0 Å². The summed E-state index contributed by atoms with van der Waals surface area (Å²) < 4.78 is 0. The normalized spacial score (nSPS) is 14.3. The molecule has 0 aliphatic carbocycles. The third-order valence-corrected chi connectivity index (χ3v) is 4.21. The standard InChI is InChI=1S/C17H13N3O6/c1-10-2-4-11(5-3-10)15(9-18(23)24)19-16(21)13-7-6-12(20(25)26)8-14(13)17(19)22/h2-8,15H,9H2,1H3. The average molecular weight is 355 g/mol. The molecule has 0 spiro atoms. The van der Waals surface area contributed by atoms with Crippen molar-refractivity contribution in [3.05, 3.63) is 84.9 Å². The van der Waals surface area contributed by atoms with Crippen LogP contribution in [0.25, 0.3) is 0 Å². The topological polar surface area (TPSA) is 124 Å². The van der Waals surface area contributed by atoms with Crippen LogP contribution in [-0.4, -0.2) is 33.1 Å². The summed E-state index contributed by atoms with van der Waals surface area (Å²) in [7, 11) is 0. The Bertz CT molecular complexity index is 938. The van der Waals surface area contributed by atoms with E-state index in [9.17, 15) is 29.8 Å². The zero-order valence-electron chi connectivity index (χ0n) is 13.6. The minimum atomic E-state index is -1.10. The van der Waals surface area contributed by atoms with Gasteiger partial charge >= 0.3 is 0 Å². The van der Waals surface area contributed by atoms with Crippen molar-refractivity contribution in [1.29, 1.82) is 0 Å². The van der Waals surface area contributed by atoms with Gasteiger partial charge in [-0.25, -0.2) is 0 Å². The molecule has 2 aromatic rings. The Balaban J connectivity index is 2.06. The third-order valence-electron chi connectivity index (χ3n) is 4.21. The Morgan fingerprint density at radius 1 is 0.962 bits per heavy atom. The molecule has 0 fully saturated rings. The smallest absolute Gasteiger partial charge is 0.269 e. The lowest BCUT2D eigenvalue weighted by atomic mass is 10.0. The fraction of sp³-hybridized carbons (Fsp3) is 0.176. The Morgan fingerprint density at radius 3 is 2.15 bits per heavy atom. The van der Waals surface area contributed by atoms with Gasteiger partial charge in [-0.05, 0) is 18.6 Å². The van der Waals surface area contributed by atoms with Gasteiger partial charge in [0.2, 0.25) is 6.54 Å². The molecule has 1 aliphatic rings. The molecule has 1 aliphatic heterocycles. The number of rotatable bonds is 5. The molecule has 0 saturated carbocycles. The Hall–Kier alpha value is -3.62. The van der Waals surface area contributed by atoms with E-state index >= 15 is 0 Å². The molecule has 0 bridgehead atoms. The van der Waals surface area contributed by atoms with Crippen LogP contribution < -0.4 is 0 Å². The maximum Gasteiger partial charge on any atom is 0.270 e. The van der Waals surface area contributed by atoms with E-state index in [1.165, 1.54) is 6.07 Å². The molecule has 1 atom stereocenters. The highest BCUT2D eigenvalue weighted by atomic mass is 16.6. The minimum Gasteiger partial charge on any atom is -0.269 e. The fourth-order valence-electron chi connectivity index (χ4n) is 2.91. The number of carbonyl (C=O) groups excluding carboxylic acids is 2. The molecule has 0 N–H and O–H groups in total. The molecule has 9 heteroatoms. The molecule has 3 rings (SSSR count). The minimum absolute atomic E-state index is 0.000981. The van der Waals surface area contributed by atoms with E-state index < -0.39 is 34.2 Å². The third kappa shape index (κ3) is 2.90. The van der Waals surface area contributed by atoms with E-state index in [1.807, 2.05) is 6.92 Å². The Kier molecular flexibility index (Phi) is 4.21. The zero-order valence-corrected chi connectivity index (χ0v) is 13.6. The number of amides is 2. The average Bonchev–Trinajstić information content (AvgIpc) is 2.84. The molecule has 9 nitrogen and oxygen atoms in total. The quantitative estimate of drug-likeness (QED) is 0.461. The molecule has 2 amide bonds. The number of fused-ring (bicyclic) bond motifs is 1. The van der Waals surface area contributed by atoms with Gasteiger partial charge in [0.15, 0.2) is 0 Å². The van der Waals surface area contributed by atoms with Gasteiger partial charge in [-0.1, -0.05) is 29.8 Å². The predicted octanol–water partition coefficient (Wildman–Crippen LogP) is 2.52. The molecule has 0 saturated heterocycles. The van der Waals surface area contributed by atoms with E-state index in [-0.39, 0.29) is 16.8 Å². The van der Waals surface area contributed by atoms with Crippen LogP contribution in [0.5, 0.6) is 0 Å². The van der Waals surface area contributed by atoms with Crippen LogP contribution in [0.4, 0.5) is 5.69 Å². The fourth-order valence-corrected chi connectivity index (χ4v) is 2.91. The van der Waals surface area contributed by atoms with E-state index in [2.05, 4.69) is 0 Å². The summed E-state index contributed by atoms with van der Waals surface area (Å²) in [4.78, 5) is 46.9. The highest BCUT2D eigenvalue weighted by Gasteiger charge is 2.43. The molecule has 1 unspecified atom stereocenters. The Labute approximate surface area is 147 Å². The molecule has 132 valence electrons. The van der Waals surface area contributed by atoms with Crippen molar-refractivity contribution in [2.24, 2.45) is 0 Å². The van der Waals surface area contributed by atoms with Crippen molar-refractivity contribution in [3.8, 4) is 0 Å². The van der Waals surface area contributed by atoms with E-state index in [0.717, 1.165) is 22.6 Å². The number of aryl methyl sites for hydroxylation is 1. The highest BCUT2D eigenvalue weighted by molar-refractivity contribution is 6.21. The van der Waals surface area contributed by atoms with E-state index in [1.54, 1.807) is 24.3 Å². The van der Waals surface area contributed by atoms with Gasteiger partial charge in [-0.3, -0.25) is 34.7 Å². The number of nitrogens with zero attached hydrogens (tertiary/aromatic N) is 3. The van der Waals surface area contributed by atoms with Crippen LogP contribution in [0.1, 0.15) is 37.9 Å². The van der Waals surface area contributed by atoms with Gasteiger partial charge in [0.1, 0.15) is 6.04 Å². The largest absolute Gasteiger partial charge is 0.270 e. The number of non-ortho nitro benzene ring substituents is 1. The number of benzene rings is 2. The lowest BCUT2D eigenvalue weighted by Crippen LogP contribution is -2.37. The van der Waals surface area contributed by atoms with Gasteiger partial charge in [0, 0.05) is 17.1 Å². The maximum absolute atomic E-state index is 12.7. The highest BCUT2D eigenvalue weighted by Crippen LogP contribution is 2.33. The first-order valence-electron chi connectivity index (χ1n) is 7.64. The molecule has 26 heavy (non-hydrogen) atoms. The monoisotopic (exact) mass is 355 g/mol. The first-order chi connectivity index (χ1) is 12.3. The summed E-state index contributed by atoms with van der Waals surface area (Å²) in [6.07, 6.45) is 0. The number of imide groups is 1. The van der Waals surface area contributed by atoms with Crippen LogP contribution in [0.15, 0.2) is 42.5 Å². The maximum atomic E-state index is 12.7. The summed E-state index contributed by atoms with van der Waals surface area (Å²) in [6.45, 7) is 1.18. The first-order valence-corrected chi connectivity index (χ1v) is 7.64. The van der Waals surface area contributed by atoms with Crippen molar-refractivity contribution < 1.29 is 19.4 Å². The number of carbonyl (C=O) groups is 2. The van der Waals surface area contributed by atoms with Crippen molar-refractivity contribution in [3.63, 3.8) is 0 Å². The Morgan fingerprint density at radius 2 is 1.58 bits per heavy atom. The number of hydrogen-bond acceptors (Lipinski definition) is 6. The number of nitro benzene ring substituents is 1. The first kappa shape index (κ1) is 17.2. The second-order valence-corrected chi connectivity index (χ2v) is 5.91. The molecule has 0 aromatic heterocycles. The van der Waals surface area contributed by atoms with Crippen LogP contribution >= 0.6 is 0 Å². The second-order valence-electron chi connectivity index (χ2n) is 5.91. The van der Waals surface area contributed by atoms with Crippen molar-refractivity contribution in [1.82, 2.24) is 4.90 Å².